The number of benzene rings is 1. The van der Waals surface area contributed by atoms with Crippen molar-refractivity contribution in [1.29, 1.82) is 0 Å². The SMILES string of the molecule is CC.CC[C@@H](O)C[C@@H](CSc1ccccc1)C(C)=O. The van der Waals surface area contributed by atoms with Crippen LogP contribution in [-0.4, -0.2) is 22.7 Å². The van der Waals surface area contributed by atoms with Gasteiger partial charge in [0.25, 0.3) is 0 Å². The Labute approximate surface area is 121 Å². The molecule has 0 aromatic heterocycles. The summed E-state index contributed by atoms with van der Waals surface area (Å²) in [7, 11) is 0. The predicted molar refractivity (Wildman–Crippen MR) is 83.6 cm³/mol. The average molecular weight is 282 g/mol. The summed E-state index contributed by atoms with van der Waals surface area (Å²) in [5.74, 6) is 0.868. The number of carbonyl (C=O) groups excluding carboxylic acids is 1. The molecule has 0 saturated heterocycles. The fourth-order valence-corrected chi connectivity index (χ4v) is 2.67. The van der Waals surface area contributed by atoms with Crippen molar-refractivity contribution in [2.45, 2.75) is 51.5 Å². The van der Waals surface area contributed by atoms with E-state index in [1.165, 1.54) is 4.90 Å². The van der Waals surface area contributed by atoms with Crippen molar-refractivity contribution in [3.05, 3.63) is 30.3 Å². The lowest BCUT2D eigenvalue weighted by Gasteiger charge is -2.16. The van der Waals surface area contributed by atoms with Crippen LogP contribution in [-0.2, 0) is 4.79 Å². The number of rotatable bonds is 7. The molecule has 0 heterocycles. The summed E-state index contributed by atoms with van der Waals surface area (Å²) in [6, 6.07) is 10.0. The molecule has 1 aromatic carbocycles. The molecule has 1 N–H and O–H groups in total. The van der Waals surface area contributed by atoms with Crippen LogP contribution >= 0.6 is 11.8 Å². The first-order valence-electron chi connectivity index (χ1n) is 6.99. The van der Waals surface area contributed by atoms with E-state index in [1.807, 2.05) is 51.1 Å². The number of hydrogen-bond donors (Lipinski definition) is 1. The molecule has 1 aromatic rings. The van der Waals surface area contributed by atoms with Gasteiger partial charge in [0.2, 0.25) is 0 Å². The third-order valence-electron chi connectivity index (χ3n) is 2.80. The Morgan fingerprint density at radius 3 is 2.32 bits per heavy atom. The largest absolute Gasteiger partial charge is 0.393 e. The van der Waals surface area contributed by atoms with E-state index >= 15 is 0 Å². The van der Waals surface area contributed by atoms with Gasteiger partial charge in [-0.15, -0.1) is 11.8 Å². The summed E-state index contributed by atoms with van der Waals surface area (Å²) >= 11 is 1.68. The molecule has 0 amide bonds. The summed E-state index contributed by atoms with van der Waals surface area (Å²) < 4.78 is 0. The first-order valence-corrected chi connectivity index (χ1v) is 7.98. The van der Waals surface area contributed by atoms with Gasteiger partial charge in [0, 0.05) is 16.6 Å². The predicted octanol–water partition coefficient (Wildman–Crippen LogP) is 4.17. The fraction of sp³-hybridized carbons (Fsp3) is 0.562. The molecule has 0 aliphatic rings. The fourth-order valence-electron chi connectivity index (χ4n) is 1.56. The molecule has 0 spiro atoms. The van der Waals surface area contributed by atoms with Crippen molar-refractivity contribution in [2.24, 2.45) is 5.92 Å². The minimum Gasteiger partial charge on any atom is -0.393 e. The Morgan fingerprint density at radius 2 is 1.84 bits per heavy atom. The maximum atomic E-state index is 11.5. The topological polar surface area (TPSA) is 37.3 Å². The minimum absolute atomic E-state index is 0.0462. The monoisotopic (exact) mass is 282 g/mol. The lowest BCUT2D eigenvalue weighted by molar-refractivity contribution is -0.121. The molecule has 0 unspecified atom stereocenters. The number of Topliss-reactive ketones (excluding diaryl/α,β-unsaturated/α-hetero) is 1. The first kappa shape index (κ1) is 18.2. The number of thioether (sulfide) groups is 1. The Hall–Kier alpha value is -0.800. The molecule has 19 heavy (non-hydrogen) atoms. The molecule has 2 nitrogen and oxygen atoms in total. The van der Waals surface area contributed by atoms with Gasteiger partial charge in [0.1, 0.15) is 5.78 Å². The summed E-state index contributed by atoms with van der Waals surface area (Å²) in [5.41, 5.74) is 0. The zero-order valence-corrected chi connectivity index (χ0v) is 13.2. The standard InChI is InChI=1S/C14H20O2S.C2H6/c1-3-13(16)9-12(11(2)15)10-17-14-7-5-4-6-8-14;1-2/h4-8,12-13,16H,3,9-10H2,1-2H3;1-2H3/t12-,13+;/m0./s1. The van der Waals surface area contributed by atoms with Crippen molar-refractivity contribution in [3.63, 3.8) is 0 Å². The zero-order valence-electron chi connectivity index (χ0n) is 12.4. The Morgan fingerprint density at radius 1 is 1.26 bits per heavy atom. The van der Waals surface area contributed by atoms with Crippen molar-refractivity contribution in [1.82, 2.24) is 0 Å². The van der Waals surface area contributed by atoms with Crippen LogP contribution in [0.15, 0.2) is 35.2 Å². The zero-order chi connectivity index (χ0) is 14.7. The highest BCUT2D eigenvalue weighted by molar-refractivity contribution is 7.99. The van der Waals surface area contributed by atoms with Gasteiger partial charge in [-0.1, -0.05) is 39.0 Å². The van der Waals surface area contributed by atoms with E-state index in [1.54, 1.807) is 18.7 Å². The Kier molecular flexibility index (Phi) is 10.6. The molecular weight excluding hydrogens is 256 g/mol. The Bertz CT molecular complexity index is 338. The van der Waals surface area contributed by atoms with Gasteiger partial charge in [-0.25, -0.2) is 0 Å². The maximum absolute atomic E-state index is 11.5. The molecule has 2 atom stereocenters. The number of hydrogen-bond acceptors (Lipinski definition) is 3. The van der Waals surface area contributed by atoms with Crippen molar-refractivity contribution < 1.29 is 9.90 Å². The van der Waals surface area contributed by atoms with Crippen LogP contribution in [0.25, 0.3) is 0 Å². The first-order chi connectivity index (χ1) is 9.13. The average Bonchev–Trinajstić information content (AvgIpc) is 2.46. The second kappa shape index (κ2) is 11.1. The van der Waals surface area contributed by atoms with Crippen LogP contribution in [0.4, 0.5) is 0 Å². The Balaban J connectivity index is 0.00000154. The normalized spacial score (nSPS) is 13.1. The second-order valence-electron chi connectivity index (χ2n) is 4.23. The lowest BCUT2D eigenvalue weighted by Crippen LogP contribution is -2.20. The van der Waals surface area contributed by atoms with Crippen molar-refractivity contribution in [2.75, 3.05) is 5.75 Å². The van der Waals surface area contributed by atoms with Crippen molar-refractivity contribution >= 4 is 17.5 Å². The summed E-state index contributed by atoms with van der Waals surface area (Å²) in [6.45, 7) is 7.55. The van der Waals surface area contributed by atoms with Gasteiger partial charge in [-0.05, 0) is 31.9 Å². The summed E-state index contributed by atoms with van der Waals surface area (Å²) in [5, 5.41) is 9.61. The van der Waals surface area contributed by atoms with E-state index in [9.17, 15) is 9.90 Å². The maximum Gasteiger partial charge on any atom is 0.133 e. The molecule has 0 saturated carbocycles. The molecule has 0 aliphatic carbocycles. The van der Waals surface area contributed by atoms with Gasteiger partial charge in [0.15, 0.2) is 0 Å². The molecular formula is C16H26O2S. The van der Waals surface area contributed by atoms with Gasteiger partial charge in [0.05, 0.1) is 6.10 Å². The van der Waals surface area contributed by atoms with Gasteiger partial charge >= 0.3 is 0 Å². The highest BCUT2D eigenvalue weighted by Gasteiger charge is 2.18. The van der Waals surface area contributed by atoms with Crippen LogP contribution in [0.5, 0.6) is 0 Å². The van der Waals surface area contributed by atoms with Crippen LogP contribution < -0.4 is 0 Å². The second-order valence-corrected chi connectivity index (χ2v) is 5.32. The van der Waals surface area contributed by atoms with Crippen LogP contribution in [0.3, 0.4) is 0 Å². The third kappa shape index (κ3) is 8.06. The van der Waals surface area contributed by atoms with E-state index in [4.69, 9.17) is 0 Å². The number of aliphatic hydroxyl groups excluding tert-OH is 1. The van der Waals surface area contributed by atoms with Gasteiger partial charge < -0.3 is 5.11 Å². The number of carbonyl (C=O) groups is 1. The van der Waals surface area contributed by atoms with Gasteiger partial charge in [-0.3, -0.25) is 4.79 Å². The van der Waals surface area contributed by atoms with Crippen LogP contribution in [0.1, 0.15) is 40.5 Å². The smallest absolute Gasteiger partial charge is 0.133 e. The highest BCUT2D eigenvalue weighted by Crippen LogP contribution is 2.23. The molecule has 1 rings (SSSR count). The van der Waals surface area contributed by atoms with Crippen molar-refractivity contribution in [3.8, 4) is 0 Å². The van der Waals surface area contributed by atoms with E-state index in [-0.39, 0.29) is 17.8 Å². The molecule has 0 fully saturated rings. The van der Waals surface area contributed by atoms with E-state index in [0.29, 0.717) is 12.8 Å². The quantitative estimate of drug-likeness (QED) is 0.763. The molecule has 108 valence electrons. The highest BCUT2D eigenvalue weighted by atomic mass is 32.2. The summed E-state index contributed by atoms with van der Waals surface area (Å²) in [6.07, 6.45) is 0.922. The van der Waals surface area contributed by atoms with E-state index in [0.717, 1.165) is 5.75 Å². The van der Waals surface area contributed by atoms with Crippen LogP contribution in [0.2, 0.25) is 0 Å². The molecule has 0 bridgehead atoms. The lowest BCUT2D eigenvalue weighted by atomic mass is 9.98. The third-order valence-corrected chi connectivity index (χ3v) is 3.97. The summed E-state index contributed by atoms with van der Waals surface area (Å²) in [4.78, 5) is 12.7. The van der Waals surface area contributed by atoms with Gasteiger partial charge in [-0.2, -0.15) is 0 Å². The molecule has 0 aliphatic heterocycles. The molecule has 0 radical (unpaired) electrons. The number of ketones is 1. The van der Waals surface area contributed by atoms with E-state index in [2.05, 4.69) is 0 Å². The van der Waals surface area contributed by atoms with E-state index < -0.39 is 0 Å². The number of aliphatic hydroxyl groups is 1. The molecule has 3 heteroatoms. The van der Waals surface area contributed by atoms with Crippen LogP contribution in [0, 0.1) is 5.92 Å². The minimum atomic E-state index is -0.361.